The lowest BCUT2D eigenvalue weighted by molar-refractivity contribution is -0.142. The number of hydrogen-bond acceptors (Lipinski definition) is 3. The lowest BCUT2D eigenvalue weighted by Crippen LogP contribution is -2.29. The molecule has 6 nitrogen and oxygen atoms in total. The summed E-state index contributed by atoms with van der Waals surface area (Å²) in [6.45, 7) is 2.53. The second-order valence-corrected chi connectivity index (χ2v) is 6.22. The molecule has 0 aliphatic carbocycles. The minimum atomic E-state index is -0.859. The fraction of sp³-hybridized carbons (Fsp3) is 0.312. The molecule has 0 saturated carbocycles. The van der Waals surface area contributed by atoms with Gasteiger partial charge in [-0.15, -0.1) is 0 Å². The number of rotatable bonds is 3. The molecule has 0 bridgehead atoms. The first-order valence-corrected chi connectivity index (χ1v) is 7.66. The fourth-order valence-electron chi connectivity index (χ4n) is 2.83. The first kappa shape index (κ1) is 15.6. The highest BCUT2D eigenvalue weighted by Gasteiger charge is 2.37. The molecule has 1 N–H and O–H groups in total. The van der Waals surface area contributed by atoms with Crippen LogP contribution in [0.25, 0.3) is 5.69 Å². The number of benzene rings is 1. The van der Waals surface area contributed by atoms with Crippen LogP contribution in [0, 0.1) is 11.8 Å². The zero-order valence-electron chi connectivity index (χ0n) is 12.5. The van der Waals surface area contributed by atoms with Crippen LogP contribution in [0.1, 0.15) is 17.3 Å². The van der Waals surface area contributed by atoms with Gasteiger partial charge in [0, 0.05) is 24.3 Å². The second-order valence-electron chi connectivity index (χ2n) is 5.79. The Balaban J connectivity index is 1.78. The van der Waals surface area contributed by atoms with Gasteiger partial charge < -0.3 is 10.0 Å². The summed E-state index contributed by atoms with van der Waals surface area (Å²) in [5.74, 6) is -1.63. The summed E-state index contributed by atoms with van der Waals surface area (Å²) in [6, 6.07) is 7.16. The Labute approximate surface area is 138 Å². The Morgan fingerprint density at radius 2 is 2.13 bits per heavy atom. The fourth-order valence-corrected chi connectivity index (χ4v) is 3.01. The van der Waals surface area contributed by atoms with Crippen molar-refractivity contribution in [3.05, 3.63) is 47.2 Å². The van der Waals surface area contributed by atoms with Gasteiger partial charge in [-0.05, 0) is 24.1 Å². The number of aliphatic carboxylic acids is 1. The number of carbonyl (C=O) groups is 2. The molecule has 1 aromatic carbocycles. The highest BCUT2D eigenvalue weighted by atomic mass is 35.5. The monoisotopic (exact) mass is 333 g/mol. The van der Waals surface area contributed by atoms with Crippen LogP contribution in [0.5, 0.6) is 0 Å². The molecular weight excluding hydrogens is 318 g/mol. The Morgan fingerprint density at radius 1 is 1.35 bits per heavy atom. The van der Waals surface area contributed by atoms with E-state index in [9.17, 15) is 9.59 Å². The van der Waals surface area contributed by atoms with E-state index in [1.54, 1.807) is 34.0 Å². The highest BCUT2D eigenvalue weighted by Crippen LogP contribution is 2.25. The number of halogens is 1. The molecule has 1 aromatic heterocycles. The lowest BCUT2D eigenvalue weighted by atomic mass is 9.99. The number of carbonyl (C=O) groups excluding carboxylic acids is 1. The van der Waals surface area contributed by atoms with Crippen LogP contribution >= 0.6 is 11.6 Å². The van der Waals surface area contributed by atoms with E-state index in [4.69, 9.17) is 16.7 Å². The van der Waals surface area contributed by atoms with E-state index < -0.39 is 11.9 Å². The maximum Gasteiger partial charge on any atom is 0.308 e. The van der Waals surface area contributed by atoms with Crippen molar-refractivity contribution < 1.29 is 14.7 Å². The minimum absolute atomic E-state index is 0.0561. The molecule has 0 radical (unpaired) electrons. The van der Waals surface area contributed by atoms with E-state index in [0.29, 0.717) is 17.1 Å². The third kappa shape index (κ3) is 3.07. The maximum atomic E-state index is 12.5. The number of likely N-dealkylation sites (tertiary alicyclic amines) is 1. The van der Waals surface area contributed by atoms with E-state index >= 15 is 0 Å². The average molecular weight is 334 g/mol. The highest BCUT2D eigenvalue weighted by molar-refractivity contribution is 6.30. The van der Waals surface area contributed by atoms with Crippen molar-refractivity contribution in [2.45, 2.75) is 6.92 Å². The summed E-state index contributed by atoms with van der Waals surface area (Å²) in [5, 5.41) is 13.9. The van der Waals surface area contributed by atoms with Gasteiger partial charge in [-0.1, -0.05) is 24.6 Å². The largest absolute Gasteiger partial charge is 0.481 e. The van der Waals surface area contributed by atoms with Gasteiger partial charge in [0.05, 0.1) is 23.4 Å². The quantitative estimate of drug-likeness (QED) is 0.935. The van der Waals surface area contributed by atoms with Crippen LogP contribution in [-0.4, -0.2) is 44.8 Å². The van der Waals surface area contributed by atoms with Crippen LogP contribution in [0.4, 0.5) is 0 Å². The molecule has 1 amide bonds. The van der Waals surface area contributed by atoms with Crippen molar-refractivity contribution >= 4 is 23.5 Å². The van der Waals surface area contributed by atoms with Crippen LogP contribution < -0.4 is 0 Å². The average Bonchev–Trinajstić information content (AvgIpc) is 3.13. The van der Waals surface area contributed by atoms with Gasteiger partial charge >= 0.3 is 5.97 Å². The molecule has 1 saturated heterocycles. The van der Waals surface area contributed by atoms with E-state index in [0.717, 1.165) is 5.69 Å². The summed E-state index contributed by atoms with van der Waals surface area (Å²) >= 11 is 5.96. The van der Waals surface area contributed by atoms with E-state index in [1.165, 1.54) is 6.20 Å². The first-order valence-electron chi connectivity index (χ1n) is 7.28. The van der Waals surface area contributed by atoms with Crippen molar-refractivity contribution in [1.29, 1.82) is 0 Å². The summed E-state index contributed by atoms with van der Waals surface area (Å²) in [6.07, 6.45) is 3.12. The van der Waals surface area contributed by atoms with Crippen molar-refractivity contribution in [2.75, 3.05) is 13.1 Å². The summed E-state index contributed by atoms with van der Waals surface area (Å²) in [7, 11) is 0. The van der Waals surface area contributed by atoms with Gasteiger partial charge in [-0.25, -0.2) is 4.68 Å². The molecule has 7 heteroatoms. The Hall–Kier alpha value is -2.34. The smallest absolute Gasteiger partial charge is 0.308 e. The van der Waals surface area contributed by atoms with Crippen molar-refractivity contribution in [1.82, 2.24) is 14.7 Å². The SMILES string of the molecule is C[C@@H]1CN(C(=O)c2cnn(-c3cccc(Cl)c3)c2)C[C@H]1C(=O)O. The molecule has 1 fully saturated rings. The zero-order chi connectivity index (χ0) is 16.6. The van der Waals surface area contributed by atoms with Crippen molar-refractivity contribution in [2.24, 2.45) is 11.8 Å². The van der Waals surface area contributed by atoms with Gasteiger partial charge in [0.2, 0.25) is 0 Å². The molecule has 0 spiro atoms. The Kier molecular flexibility index (Phi) is 4.09. The van der Waals surface area contributed by atoms with Gasteiger partial charge in [0.1, 0.15) is 0 Å². The number of aromatic nitrogens is 2. The summed E-state index contributed by atoms with van der Waals surface area (Å²) < 4.78 is 1.58. The molecule has 2 heterocycles. The third-order valence-corrected chi connectivity index (χ3v) is 4.35. The molecule has 2 aromatic rings. The molecule has 2 atom stereocenters. The lowest BCUT2D eigenvalue weighted by Gasteiger charge is -2.14. The second kappa shape index (κ2) is 6.04. The number of nitrogens with zero attached hydrogens (tertiary/aromatic N) is 3. The topological polar surface area (TPSA) is 75.4 Å². The van der Waals surface area contributed by atoms with Crippen LogP contribution in [0.2, 0.25) is 5.02 Å². The molecule has 3 rings (SSSR count). The predicted molar refractivity (Wildman–Crippen MR) is 84.8 cm³/mol. The van der Waals surface area contributed by atoms with E-state index in [2.05, 4.69) is 5.10 Å². The van der Waals surface area contributed by atoms with Crippen molar-refractivity contribution in [3.63, 3.8) is 0 Å². The number of hydrogen-bond donors (Lipinski definition) is 1. The van der Waals surface area contributed by atoms with Crippen LogP contribution in [-0.2, 0) is 4.79 Å². The first-order chi connectivity index (χ1) is 11.0. The number of carboxylic acids is 1. The standard InChI is InChI=1S/C16H16ClN3O3/c1-10-7-19(9-14(10)16(22)23)15(21)11-6-18-20(8-11)13-4-2-3-12(17)5-13/h2-6,8,10,14H,7,9H2,1H3,(H,22,23)/t10-,14-/m1/s1. The summed E-state index contributed by atoms with van der Waals surface area (Å²) in [4.78, 5) is 25.3. The summed E-state index contributed by atoms with van der Waals surface area (Å²) in [5.41, 5.74) is 1.19. The number of amides is 1. The zero-order valence-corrected chi connectivity index (χ0v) is 13.3. The molecular formula is C16H16ClN3O3. The molecule has 23 heavy (non-hydrogen) atoms. The molecule has 1 aliphatic rings. The Morgan fingerprint density at radius 3 is 2.78 bits per heavy atom. The van der Waals surface area contributed by atoms with E-state index in [-0.39, 0.29) is 18.4 Å². The van der Waals surface area contributed by atoms with Crippen LogP contribution in [0.3, 0.4) is 0 Å². The van der Waals surface area contributed by atoms with Gasteiger partial charge in [-0.3, -0.25) is 9.59 Å². The molecule has 120 valence electrons. The normalized spacial score (nSPS) is 20.7. The minimum Gasteiger partial charge on any atom is -0.481 e. The van der Waals surface area contributed by atoms with Gasteiger partial charge in [0.25, 0.3) is 5.91 Å². The van der Waals surface area contributed by atoms with Gasteiger partial charge in [0.15, 0.2) is 0 Å². The van der Waals surface area contributed by atoms with E-state index in [1.807, 2.05) is 13.0 Å². The predicted octanol–water partition coefficient (Wildman–Crippen LogP) is 2.32. The number of carboxylic acid groups (broad SMARTS) is 1. The van der Waals surface area contributed by atoms with Crippen molar-refractivity contribution in [3.8, 4) is 5.69 Å². The maximum absolute atomic E-state index is 12.5. The molecule has 1 aliphatic heterocycles. The van der Waals surface area contributed by atoms with Crippen LogP contribution in [0.15, 0.2) is 36.7 Å². The van der Waals surface area contributed by atoms with Gasteiger partial charge in [-0.2, -0.15) is 5.10 Å². The Bertz CT molecular complexity index is 759. The molecule has 0 unspecified atom stereocenters. The third-order valence-electron chi connectivity index (χ3n) is 4.12.